The molecule has 3 N–H and O–H groups in total. The lowest BCUT2D eigenvalue weighted by Crippen LogP contribution is -2.10. The van der Waals surface area contributed by atoms with Crippen molar-refractivity contribution in [2.75, 3.05) is 0 Å². The number of nitrogens with one attached hydrogen (secondary N) is 1. The number of aryl methyl sites for hydroxylation is 1. The molecule has 0 atom stereocenters. The van der Waals surface area contributed by atoms with Crippen molar-refractivity contribution in [2.45, 2.75) is 12.8 Å². The van der Waals surface area contributed by atoms with Crippen LogP contribution < -0.4 is 5.73 Å². The lowest BCUT2D eigenvalue weighted by Gasteiger charge is -2.06. The first kappa shape index (κ1) is 15.0. The molecule has 0 aliphatic carbocycles. The summed E-state index contributed by atoms with van der Waals surface area (Å²) in [6.07, 6.45) is 1.22. The van der Waals surface area contributed by atoms with Gasteiger partial charge < -0.3 is 5.73 Å². The van der Waals surface area contributed by atoms with E-state index in [1.807, 2.05) is 60.7 Å². The van der Waals surface area contributed by atoms with Gasteiger partial charge in [0, 0.05) is 17.5 Å². The first-order chi connectivity index (χ1) is 11.1. The van der Waals surface area contributed by atoms with Crippen LogP contribution in [0.25, 0.3) is 10.8 Å². The van der Waals surface area contributed by atoms with E-state index < -0.39 is 0 Å². The second-order valence-corrected chi connectivity index (χ2v) is 5.60. The summed E-state index contributed by atoms with van der Waals surface area (Å²) < 4.78 is 0. The lowest BCUT2D eigenvalue weighted by molar-refractivity contribution is 0.0983. The molecule has 3 rings (SSSR count). The molecule has 3 aromatic carbocycles. The van der Waals surface area contributed by atoms with Crippen LogP contribution in [0.4, 0.5) is 0 Å². The molecule has 0 aliphatic rings. The molecule has 0 spiro atoms. The van der Waals surface area contributed by atoms with Crippen LogP contribution in [0.1, 0.15) is 27.9 Å². The van der Waals surface area contributed by atoms with Gasteiger partial charge in [-0.15, -0.1) is 0 Å². The Kier molecular flexibility index (Phi) is 4.20. The average Bonchev–Trinajstić information content (AvgIpc) is 2.59. The highest BCUT2D eigenvalue weighted by Gasteiger charge is 2.06. The molecular weight excluding hydrogens is 284 g/mol. The molecule has 0 radical (unpaired) electrons. The number of hydrogen-bond acceptors (Lipinski definition) is 2. The average molecular weight is 302 g/mol. The van der Waals surface area contributed by atoms with Crippen LogP contribution in [0.3, 0.4) is 0 Å². The molecule has 0 aliphatic heterocycles. The topological polar surface area (TPSA) is 66.9 Å². The number of rotatable bonds is 5. The third-order valence-electron chi connectivity index (χ3n) is 3.95. The summed E-state index contributed by atoms with van der Waals surface area (Å²) in [6, 6.07) is 21.3. The molecule has 3 heteroatoms. The Labute approximate surface area is 135 Å². The van der Waals surface area contributed by atoms with Gasteiger partial charge in [-0.25, -0.2) is 0 Å². The van der Waals surface area contributed by atoms with E-state index in [1.165, 1.54) is 0 Å². The molecule has 0 unspecified atom stereocenters. The predicted molar refractivity (Wildman–Crippen MR) is 94.1 cm³/mol. The van der Waals surface area contributed by atoms with E-state index in [0.29, 0.717) is 6.42 Å². The molecule has 0 bridgehead atoms. The molecule has 0 aromatic heterocycles. The van der Waals surface area contributed by atoms with E-state index in [4.69, 9.17) is 11.1 Å². The number of fused-ring (bicyclic) bond motifs is 1. The van der Waals surface area contributed by atoms with Crippen molar-refractivity contribution in [3.8, 4) is 0 Å². The molecule has 23 heavy (non-hydrogen) atoms. The Morgan fingerprint density at radius 3 is 2.30 bits per heavy atom. The maximum Gasteiger partial charge on any atom is 0.163 e. The molecule has 0 heterocycles. The van der Waals surface area contributed by atoms with E-state index in [9.17, 15) is 4.79 Å². The highest BCUT2D eigenvalue weighted by Crippen LogP contribution is 2.19. The summed E-state index contributed by atoms with van der Waals surface area (Å²) in [7, 11) is 0. The summed E-state index contributed by atoms with van der Waals surface area (Å²) in [5.41, 5.74) is 8.14. The van der Waals surface area contributed by atoms with E-state index in [0.717, 1.165) is 33.9 Å². The minimum Gasteiger partial charge on any atom is -0.384 e. The van der Waals surface area contributed by atoms with E-state index in [1.54, 1.807) is 0 Å². The molecule has 0 fully saturated rings. The summed E-state index contributed by atoms with van der Waals surface area (Å²) in [5, 5.41) is 9.64. The quantitative estimate of drug-likeness (QED) is 0.426. The Bertz CT molecular complexity index is 869. The number of carbonyl (C=O) groups is 1. The first-order valence-electron chi connectivity index (χ1n) is 7.59. The third-order valence-corrected chi connectivity index (χ3v) is 3.95. The van der Waals surface area contributed by atoms with Crippen molar-refractivity contribution in [3.63, 3.8) is 0 Å². The van der Waals surface area contributed by atoms with Crippen molar-refractivity contribution in [1.82, 2.24) is 0 Å². The van der Waals surface area contributed by atoms with Gasteiger partial charge >= 0.3 is 0 Å². The number of carbonyl (C=O) groups excluding carboxylic acids is 1. The van der Waals surface area contributed by atoms with Gasteiger partial charge in [0.1, 0.15) is 5.84 Å². The van der Waals surface area contributed by atoms with Gasteiger partial charge in [0.05, 0.1) is 0 Å². The predicted octanol–water partition coefficient (Wildman–Crippen LogP) is 3.94. The van der Waals surface area contributed by atoms with Crippen molar-refractivity contribution in [1.29, 1.82) is 5.41 Å². The SMILES string of the molecule is N=C(N)c1ccc2cc(CCC(=O)c3ccccc3)ccc2c1. The van der Waals surface area contributed by atoms with E-state index in [-0.39, 0.29) is 11.6 Å². The Morgan fingerprint density at radius 2 is 1.57 bits per heavy atom. The van der Waals surface area contributed by atoms with Crippen LogP contribution in [-0.4, -0.2) is 11.6 Å². The van der Waals surface area contributed by atoms with Crippen molar-refractivity contribution in [2.24, 2.45) is 5.73 Å². The summed E-state index contributed by atoms with van der Waals surface area (Å²) >= 11 is 0. The molecule has 3 nitrogen and oxygen atoms in total. The van der Waals surface area contributed by atoms with Gasteiger partial charge in [-0.3, -0.25) is 10.2 Å². The monoisotopic (exact) mass is 302 g/mol. The Morgan fingerprint density at radius 1 is 0.870 bits per heavy atom. The maximum absolute atomic E-state index is 12.2. The van der Waals surface area contributed by atoms with Crippen LogP contribution >= 0.6 is 0 Å². The lowest BCUT2D eigenvalue weighted by atomic mass is 9.99. The highest BCUT2D eigenvalue weighted by molar-refractivity contribution is 5.99. The van der Waals surface area contributed by atoms with Crippen molar-refractivity contribution in [3.05, 3.63) is 83.4 Å². The Balaban J connectivity index is 1.75. The fourth-order valence-corrected chi connectivity index (χ4v) is 2.64. The number of hydrogen-bond donors (Lipinski definition) is 2. The number of benzene rings is 3. The molecule has 0 amide bonds. The fourth-order valence-electron chi connectivity index (χ4n) is 2.64. The number of amidine groups is 1. The molecule has 114 valence electrons. The van der Waals surface area contributed by atoms with Gasteiger partial charge in [0.2, 0.25) is 0 Å². The van der Waals surface area contributed by atoms with Gasteiger partial charge in [-0.2, -0.15) is 0 Å². The van der Waals surface area contributed by atoms with Crippen LogP contribution in [0, 0.1) is 5.41 Å². The normalized spacial score (nSPS) is 10.6. The van der Waals surface area contributed by atoms with E-state index in [2.05, 4.69) is 6.07 Å². The third kappa shape index (κ3) is 3.46. The standard InChI is InChI=1S/C20H18N2O/c21-20(22)18-10-9-16-12-14(6-8-17(16)13-18)7-11-19(23)15-4-2-1-3-5-15/h1-6,8-10,12-13H,7,11H2,(H3,21,22). The second-order valence-electron chi connectivity index (χ2n) is 5.60. The largest absolute Gasteiger partial charge is 0.384 e. The van der Waals surface area contributed by atoms with Gasteiger partial charge in [0.25, 0.3) is 0 Å². The van der Waals surface area contributed by atoms with Crippen LogP contribution in [0.5, 0.6) is 0 Å². The van der Waals surface area contributed by atoms with Crippen LogP contribution in [-0.2, 0) is 6.42 Å². The molecular formula is C20H18N2O. The number of nitrogens with two attached hydrogens (primary N) is 1. The first-order valence-corrected chi connectivity index (χ1v) is 7.59. The minimum absolute atomic E-state index is 0.0736. The zero-order valence-corrected chi connectivity index (χ0v) is 12.8. The smallest absolute Gasteiger partial charge is 0.163 e. The highest BCUT2D eigenvalue weighted by atomic mass is 16.1. The molecule has 0 saturated heterocycles. The fraction of sp³-hybridized carbons (Fsp3) is 0.100. The second kappa shape index (κ2) is 6.44. The minimum atomic E-state index is 0.0736. The van der Waals surface area contributed by atoms with Gasteiger partial charge in [0.15, 0.2) is 5.78 Å². The summed E-state index contributed by atoms with van der Waals surface area (Å²) in [6.45, 7) is 0. The molecule has 0 saturated carbocycles. The summed E-state index contributed by atoms with van der Waals surface area (Å²) in [4.78, 5) is 12.2. The number of ketones is 1. The van der Waals surface area contributed by atoms with Crippen LogP contribution in [0.2, 0.25) is 0 Å². The van der Waals surface area contributed by atoms with Crippen molar-refractivity contribution < 1.29 is 4.79 Å². The Hall–Kier alpha value is -2.94. The zero-order valence-electron chi connectivity index (χ0n) is 12.8. The van der Waals surface area contributed by atoms with Gasteiger partial charge in [-0.05, 0) is 28.8 Å². The summed E-state index contributed by atoms with van der Waals surface area (Å²) in [5.74, 6) is 0.238. The molecule has 3 aromatic rings. The number of Topliss-reactive ketones (excluding diaryl/α,β-unsaturated/α-hetero) is 1. The van der Waals surface area contributed by atoms with Crippen LogP contribution in [0.15, 0.2) is 66.7 Å². The zero-order chi connectivity index (χ0) is 16.2. The maximum atomic E-state index is 12.2. The van der Waals surface area contributed by atoms with Crippen molar-refractivity contribution >= 4 is 22.4 Å². The number of nitrogen functional groups attached to an aromatic ring is 1. The van der Waals surface area contributed by atoms with Gasteiger partial charge in [-0.1, -0.05) is 60.7 Å². The van der Waals surface area contributed by atoms with E-state index >= 15 is 0 Å².